The summed E-state index contributed by atoms with van der Waals surface area (Å²) in [6, 6.07) is 0. The Morgan fingerprint density at radius 1 is 1.24 bits per heavy atom. The molecule has 0 rings (SSSR count). The average Bonchev–Trinajstić information content (AvgIpc) is 2.14. The van der Waals surface area contributed by atoms with Gasteiger partial charge >= 0.3 is 0 Å². The highest BCUT2D eigenvalue weighted by Crippen LogP contribution is 2.70. The van der Waals surface area contributed by atoms with Gasteiger partial charge in [0.1, 0.15) is 0 Å². The van der Waals surface area contributed by atoms with Crippen molar-refractivity contribution in [3.8, 4) is 0 Å². The minimum Gasteiger partial charge on any atom is -0.279 e. The maximum atomic E-state index is 12.4. The van der Waals surface area contributed by atoms with Crippen LogP contribution < -0.4 is 10.3 Å². The van der Waals surface area contributed by atoms with Crippen LogP contribution in [0.2, 0.25) is 0 Å². The quantitative estimate of drug-likeness (QED) is 0.570. The van der Waals surface area contributed by atoms with Gasteiger partial charge in [0.05, 0.1) is 5.75 Å². The summed E-state index contributed by atoms with van der Waals surface area (Å²) in [6.07, 6.45) is 0.444. The molecular formula is C7H20N3O3PS3. The predicted molar refractivity (Wildman–Crippen MR) is 76.8 cm³/mol. The molecule has 0 aromatic heterocycles. The third-order valence-electron chi connectivity index (χ3n) is 1.79. The summed E-state index contributed by atoms with van der Waals surface area (Å²) in [5, 5.41) is 10.7. The van der Waals surface area contributed by atoms with Crippen molar-refractivity contribution >= 4 is 38.9 Å². The normalized spacial score (nSPS) is 14.3. The van der Waals surface area contributed by atoms with E-state index in [-0.39, 0.29) is 5.75 Å². The van der Waals surface area contributed by atoms with E-state index in [0.29, 0.717) is 29.6 Å². The molecule has 0 aliphatic carbocycles. The maximum Gasteiger partial charge on any atom is 0.299 e. The molecule has 0 aliphatic heterocycles. The summed E-state index contributed by atoms with van der Waals surface area (Å²) in [6.45, 7) is 6.74. The van der Waals surface area contributed by atoms with Crippen LogP contribution in [-0.2, 0) is 14.6 Å². The van der Waals surface area contributed by atoms with Gasteiger partial charge in [-0.3, -0.25) is 14.8 Å². The molecule has 104 valence electrons. The highest BCUT2D eigenvalue weighted by atomic mass is 33.1. The van der Waals surface area contributed by atoms with Crippen LogP contribution in [0.5, 0.6) is 0 Å². The van der Waals surface area contributed by atoms with Crippen LogP contribution >= 0.6 is 28.8 Å². The van der Waals surface area contributed by atoms with Gasteiger partial charge in [-0.15, -0.1) is 4.08 Å². The zero-order valence-electron chi connectivity index (χ0n) is 10.4. The third-order valence-corrected chi connectivity index (χ3v) is 11.5. The predicted octanol–water partition coefficient (Wildman–Crippen LogP) is 2.15. The van der Waals surface area contributed by atoms with E-state index in [9.17, 15) is 13.0 Å². The lowest BCUT2D eigenvalue weighted by molar-refractivity contribution is 0.360. The van der Waals surface area contributed by atoms with Crippen LogP contribution in [0.1, 0.15) is 34.1 Å². The number of hydrogen-bond acceptors (Lipinski definition) is 7. The molecule has 0 bridgehead atoms. The molecule has 10 heteroatoms. The number of nitrogens with two attached hydrogens (primary N) is 2. The van der Waals surface area contributed by atoms with Crippen LogP contribution in [0.25, 0.3) is 0 Å². The van der Waals surface area contributed by atoms with Crippen LogP contribution in [0.4, 0.5) is 0 Å². The van der Waals surface area contributed by atoms with Gasteiger partial charge in [-0.25, -0.2) is 8.42 Å². The van der Waals surface area contributed by atoms with Crippen molar-refractivity contribution in [2.75, 3.05) is 5.75 Å². The third kappa shape index (κ3) is 4.41. The van der Waals surface area contributed by atoms with Crippen molar-refractivity contribution < 1.29 is 13.0 Å². The fourth-order valence-electron chi connectivity index (χ4n) is 1.39. The first-order chi connectivity index (χ1) is 7.55. The van der Waals surface area contributed by atoms with E-state index in [1.165, 1.54) is 0 Å². The van der Waals surface area contributed by atoms with Crippen molar-refractivity contribution in [1.82, 2.24) is 4.08 Å². The van der Waals surface area contributed by atoms with E-state index in [4.69, 9.17) is 10.3 Å². The first-order valence-corrected chi connectivity index (χ1v) is 11.2. The Morgan fingerprint density at radius 2 is 1.65 bits per heavy atom. The van der Waals surface area contributed by atoms with Crippen LogP contribution in [-0.4, -0.2) is 23.8 Å². The summed E-state index contributed by atoms with van der Waals surface area (Å²) >= 11 is 1.00. The fourth-order valence-corrected chi connectivity index (χ4v) is 10.4. The van der Waals surface area contributed by atoms with Crippen molar-refractivity contribution in [1.29, 1.82) is 0 Å². The van der Waals surface area contributed by atoms with Gasteiger partial charge < -0.3 is 0 Å². The molecule has 0 aromatic rings. The highest BCUT2D eigenvalue weighted by molar-refractivity contribution is 8.89. The summed E-state index contributed by atoms with van der Waals surface area (Å²) < 4.78 is 37.7. The molecule has 0 aromatic carbocycles. The molecule has 0 spiro atoms. The van der Waals surface area contributed by atoms with Gasteiger partial charge in [-0.2, -0.15) is 0 Å². The topological polar surface area (TPSA) is 106 Å². The molecule has 0 saturated heterocycles. The second-order valence-corrected chi connectivity index (χ2v) is 13.3. The van der Waals surface area contributed by atoms with Crippen molar-refractivity contribution in [2.24, 2.45) is 10.3 Å². The van der Waals surface area contributed by atoms with E-state index in [1.807, 2.05) is 0 Å². The van der Waals surface area contributed by atoms with E-state index in [0.717, 1.165) is 4.08 Å². The van der Waals surface area contributed by atoms with E-state index < -0.39 is 21.3 Å². The lowest BCUT2D eigenvalue weighted by atomic mass is 10.1. The van der Waals surface area contributed by atoms with Crippen LogP contribution in [0, 0.1) is 0 Å². The van der Waals surface area contributed by atoms with Crippen LogP contribution in [0.3, 0.4) is 0 Å². The molecule has 0 aliphatic rings. The first-order valence-electron chi connectivity index (χ1n) is 4.95. The molecular weight excluding hydrogens is 301 g/mol. The smallest absolute Gasteiger partial charge is 0.279 e. The maximum absolute atomic E-state index is 12.4. The Bertz CT molecular complexity index is 385. The minimum atomic E-state index is -3.64. The molecule has 0 unspecified atom stereocenters. The summed E-state index contributed by atoms with van der Waals surface area (Å²) in [5.74, 6) is -0.0740. The van der Waals surface area contributed by atoms with E-state index in [2.05, 4.69) is 0 Å². The van der Waals surface area contributed by atoms with Gasteiger partial charge in [0, 0.05) is 28.7 Å². The summed E-state index contributed by atoms with van der Waals surface area (Å²) in [5.41, 5.74) is -4.26. The Hall–Kier alpha value is 0.760. The lowest BCUT2D eigenvalue weighted by Crippen LogP contribution is -2.43. The first kappa shape index (κ1) is 17.8. The fraction of sp³-hybridized carbons (Fsp3) is 1.00. The van der Waals surface area contributed by atoms with Crippen molar-refractivity contribution in [3.63, 3.8) is 0 Å². The number of nitrogens with zero attached hydrogens (tertiary/aromatic N) is 1. The van der Waals surface area contributed by atoms with E-state index in [1.54, 1.807) is 27.7 Å². The Balaban J connectivity index is 5.71. The van der Waals surface area contributed by atoms with E-state index >= 15 is 0 Å². The minimum absolute atomic E-state index is 0.0740. The second kappa shape index (κ2) is 6.27. The number of rotatable bonds is 6. The zero-order chi connectivity index (χ0) is 13.9. The number of hydrogen-bond donors (Lipinski definition) is 2. The zero-order valence-corrected chi connectivity index (χ0v) is 13.8. The molecule has 0 atom stereocenters. The molecule has 17 heavy (non-hydrogen) atoms. The summed E-state index contributed by atoms with van der Waals surface area (Å²) in [4.78, 5) is 0. The Labute approximate surface area is 111 Å². The average molecular weight is 321 g/mol. The Kier molecular flexibility index (Phi) is 6.55. The molecule has 4 N–H and O–H groups in total. The standard InChI is InChI=1S/C7H20N3O3PS3/c1-5-6-17(12,13)10(7(2,3)4)14(11,15-8)16-9/h5-6,8-9H2,1-4H3. The van der Waals surface area contributed by atoms with Gasteiger partial charge in [0.25, 0.3) is 5.70 Å². The highest BCUT2D eigenvalue weighted by Gasteiger charge is 2.46. The number of sulfonamides is 1. The lowest BCUT2D eigenvalue weighted by Gasteiger charge is -2.37. The molecule has 0 fully saturated rings. The molecule has 6 nitrogen and oxygen atoms in total. The van der Waals surface area contributed by atoms with Gasteiger partial charge in [-0.05, 0) is 27.2 Å². The molecule has 0 heterocycles. The van der Waals surface area contributed by atoms with Crippen molar-refractivity contribution in [2.45, 2.75) is 39.7 Å². The second-order valence-electron chi connectivity index (χ2n) is 4.41. The summed E-state index contributed by atoms with van der Waals surface area (Å²) in [7, 11) is -3.64. The monoisotopic (exact) mass is 321 g/mol. The van der Waals surface area contributed by atoms with Crippen LogP contribution in [0.15, 0.2) is 0 Å². The molecule has 0 radical (unpaired) electrons. The molecule has 0 saturated carbocycles. The van der Waals surface area contributed by atoms with Gasteiger partial charge in [-0.1, -0.05) is 6.92 Å². The Morgan fingerprint density at radius 3 is 1.88 bits per heavy atom. The largest absolute Gasteiger partial charge is 0.299 e. The van der Waals surface area contributed by atoms with Gasteiger partial charge in [0.2, 0.25) is 10.0 Å². The van der Waals surface area contributed by atoms with Crippen molar-refractivity contribution in [3.05, 3.63) is 0 Å². The SMILES string of the molecule is CCCS(=O)(=O)N(C(C)(C)C)P(=O)(SN)SN. The van der Waals surface area contributed by atoms with Gasteiger partial charge in [0.15, 0.2) is 0 Å². The molecule has 0 amide bonds.